The number of hydrogen-bond donors (Lipinski definition) is 1. The molecule has 0 spiro atoms. The van der Waals surface area contributed by atoms with Crippen LogP contribution < -0.4 is 4.90 Å². The van der Waals surface area contributed by atoms with Gasteiger partial charge in [0.2, 0.25) is 0 Å². The molecule has 2 unspecified atom stereocenters. The van der Waals surface area contributed by atoms with Gasteiger partial charge in [-0.3, -0.25) is 0 Å². The Morgan fingerprint density at radius 1 is 1.35 bits per heavy atom. The fraction of sp³-hybridized carbons (Fsp3) is 0.571. The molecule has 0 radical (unpaired) electrons. The van der Waals surface area contributed by atoms with Gasteiger partial charge < -0.3 is 14.7 Å². The van der Waals surface area contributed by atoms with E-state index >= 15 is 0 Å². The minimum atomic E-state index is -0.400. The molecule has 1 N–H and O–H groups in total. The maximum atomic E-state index is 10.0. The highest BCUT2D eigenvalue weighted by Crippen LogP contribution is 2.28. The van der Waals surface area contributed by atoms with Gasteiger partial charge in [-0.2, -0.15) is 0 Å². The third kappa shape index (κ3) is 3.45. The topological polar surface area (TPSA) is 32.7 Å². The van der Waals surface area contributed by atoms with Gasteiger partial charge in [0.1, 0.15) is 0 Å². The molecule has 1 aromatic rings. The van der Waals surface area contributed by atoms with Crippen LogP contribution in [-0.2, 0) is 4.74 Å². The molecule has 3 heteroatoms. The summed E-state index contributed by atoms with van der Waals surface area (Å²) in [6.45, 7) is 4.77. The van der Waals surface area contributed by atoms with Crippen molar-refractivity contribution in [2.24, 2.45) is 0 Å². The van der Waals surface area contributed by atoms with Gasteiger partial charge in [0, 0.05) is 31.5 Å². The lowest BCUT2D eigenvalue weighted by Crippen LogP contribution is -2.33. The normalized spacial score (nSPS) is 14.4. The number of benzene rings is 1. The molecular formula is C14H23NO2. The number of nitrogens with zero attached hydrogens (tertiary/aromatic N) is 1. The number of ether oxygens (including phenoxy) is 1. The smallest absolute Gasteiger partial charge is 0.0807 e. The number of anilines is 1. The SMILES string of the molecule is CCC(O)c1ccccc1N(C)C(C)COC. The first-order valence-corrected chi connectivity index (χ1v) is 6.10. The molecule has 0 fully saturated rings. The van der Waals surface area contributed by atoms with Crippen LogP contribution in [0.2, 0.25) is 0 Å². The standard InChI is InChI=1S/C14H23NO2/c1-5-14(16)12-8-6-7-9-13(12)15(3)11(2)10-17-4/h6-9,11,14,16H,5,10H2,1-4H3. The number of likely N-dealkylation sites (N-methyl/N-ethyl adjacent to an activating group) is 1. The number of rotatable bonds is 6. The summed E-state index contributed by atoms with van der Waals surface area (Å²) in [6, 6.07) is 8.27. The van der Waals surface area contributed by atoms with Crippen LogP contribution in [0.3, 0.4) is 0 Å². The second kappa shape index (κ2) is 6.62. The number of methoxy groups -OCH3 is 1. The predicted octanol–water partition coefficient (Wildman–Crippen LogP) is 2.60. The molecule has 0 heterocycles. The highest BCUT2D eigenvalue weighted by atomic mass is 16.5. The summed E-state index contributed by atoms with van der Waals surface area (Å²) in [5, 5.41) is 10.0. The minimum Gasteiger partial charge on any atom is -0.388 e. The highest BCUT2D eigenvalue weighted by Gasteiger charge is 2.16. The summed E-state index contributed by atoms with van der Waals surface area (Å²) in [6.07, 6.45) is 0.326. The van der Waals surface area contributed by atoms with E-state index in [0.717, 1.165) is 17.7 Å². The van der Waals surface area contributed by atoms with Gasteiger partial charge in [-0.15, -0.1) is 0 Å². The lowest BCUT2D eigenvalue weighted by molar-refractivity contribution is 0.172. The van der Waals surface area contributed by atoms with E-state index in [1.54, 1.807) is 7.11 Å². The molecule has 0 aliphatic rings. The Morgan fingerprint density at radius 2 is 2.00 bits per heavy atom. The van der Waals surface area contributed by atoms with E-state index in [0.29, 0.717) is 6.61 Å². The lowest BCUT2D eigenvalue weighted by atomic mass is 10.0. The van der Waals surface area contributed by atoms with Crippen molar-refractivity contribution < 1.29 is 9.84 Å². The Kier molecular flexibility index (Phi) is 5.45. The number of para-hydroxylation sites is 1. The van der Waals surface area contributed by atoms with Crippen LogP contribution >= 0.6 is 0 Å². The fourth-order valence-electron chi connectivity index (χ4n) is 1.90. The summed E-state index contributed by atoms with van der Waals surface area (Å²) in [5.41, 5.74) is 2.06. The molecule has 3 nitrogen and oxygen atoms in total. The third-order valence-corrected chi connectivity index (χ3v) is 3.13. The zero-order valence-corrected chi connectivity index (χ0v) is 11.2. The summed E-state index contributed by atoms with van der Waals surface area (Å²) in [4.78, 5) is 2.15. The van der Waals surface area contributed by atoms with Gasteiger partial charge in [-0.25, -0.2) is 0 Å². The van der Waals surface area contributed by atoms with Gasteiger partial charge in [0.15, 0.2) is 0 Å². The lowest BCUT2D eigenvalue weighted by Gasteiger charge is -2.29. The molecule has 0 bridgehead atoms. The van der Waals surface area contributed by atoms with E-state index in [9.17, 15) is 5.11 Å². The van der Waals surface area contributed by atoms with E-state index < -0.39 is 6.10 Å². The largest absolute Gasteiger partial charge is 0.388 e. The zero-order valence-electron chi connectivity index (χ0n) is 11.2. The van der Waals surface area contributed by atoms with Crippen molar-refractivity contribution in [3.63, 3.8) is 0 Å². The minimum absolute atomic E-state index is 0.283. The first kappa shape index (κ1) is 14.0. The Bertz CT molecular complexity index is 341. The summed E-state index contributed by atoms with van der Waals surface area (Å²) < 4.78 is 5.17. The molecule has 2 atom stereocenters. The molecule has 0 aromatic heterocycles. The predicted molar refractivity (Wildman–Crippen MR) is 71.4 cm³/mol. The van der Waals surface area contributed by atoms with Crippen LogP contribution in [0.4, 0.5) is 5.69 Å². The van der Waals surface area contributed by atoms with Crippen molar-refractivity contribution in [3.8, 4) is 0 Å². The maximum absolute atomic E-state index is 10.0. The van der Waals surface area contributed by atoms with Crippen molar-refractivity contribution in [3.05, 3.63) is 29.8 Å². The molecule has 96 valence electrons. The maximum Gasteiger partial charge on any atom is 0.0807 e. The quantitative estimate of drug-likeness (QED) is 0.825. The van der Waals surface area contributed by atoms with E-state index in [-0.39, 0.29) is 6.04 Å². The Hall–Kier alpha value is -1.06. The van der Waals surface area contributed by atoms with Crippen LogP contribution in [0.15, 0.2) is 24.3 Å². The Labute approximate surface area is 104 Å². The van der Waals surface area contributed by atoms with Gasteiger partial charge in [-0.05, 0) is 19.4 Å². The molecule has 1 aromatic carbocycles. The molecule has 0 aliphatic heterocycles. The van der Waals surface area contributed by atoms with Crippen LogP contribution in [-0.4, -0.2) is 31.9 Å². The van der Waals surface area contributed by atoms with Crippen molar-refractivity contribution in [1.29, 1.82) is 0 Å². The summed E-state index contributed by atoms with van der Waals surface area (Å²) >= 11 is 0. The highest BCUT2D eigenvalue weighted by molar-refractivity contribution is 5.54. The van der Waals surface area contributed by atoms with Crippen LogP contribution in [0.1, 0.15) is 31.9 Å². The second-order valence-electron chi connectivity index (χ2n) is 4.40. The summed E-state index contributed by atoms with van der Waals surface area (Å²) in [5.74, 6) is 0. The van der Waals surface area contributed by atoms with Gasteiger partial charge in [-0.1, -0.05) is 25.1 Å². The molecule has 1 rings (SSSR count). The number of aliphatic hydroxyl groups is 1. The molecule has 0 saturated heterocycles. The van der Waals surface area contributed by atoms with Gasteiger partial charge >= 0.3 is 0 Å². The number of aliphatic hydroxyl groups excluding tert-OH is 1. The summed E-state index contributed by atoms with van der Waals surface area (Å²) in [7, 11) is 3.74. The zero-order chi connectivity index (χ0) is 12.8. The Morgan fingerprint density at radius 3 is 2.59 bits per heavy atom. The Balaban J connectivity index is 2.96. The van der Waals surface area contributed by atoms with Crippen LogP contribution in [0, 0.1) is 0 Å². The van der Waals surface area contributed by atoms with E-state index in [2.05, 4.69) is 11.8 Å². The van der Waals surface area contributed by atoms with Gasteiger partial charge in [0.05, 0.1) is 12.7 Å². The van der Waals surface area contributed by atoms with Crippen LogP contribution in [0.5, 0.6) is 0 Å². The van der Waals surface area contributed by atoms with Gasteiger partial charge in [0.25, 0.3) is 0 Å². The van der Waals surface area contributed by atoms with Crippen LogP contribution in [0.25, 0.3) is 0 Å². The van der Waals surface area contributed by atoms with Crippen molar-refractivity contribution in [2.75, 3.05) is 25.7 Å². The average molecular weight is 237 g/mol. The second-order valence-corrected chi connectivity index (χ2v) is 4.40. The molecule has 0 aliphatic carbocycles. The monoisotopic (exact) mass is 237 g/mol. The average Bonchev–Trinajstić information content (AvgIpc) is 2.37. The fourth-order valence-corrected chi connectivity index (χ4v) is 1.90. The van der Waals surface area contributed by atoms with E-state index in [1.807, 2.05) is 38.2 Å². The van der Waals surface area contributed by atoms with Crippen molar-refractivity contribution in [2.45, 2.75) is 32.4 Å². The third-order valence-electron chi connectivity index (χ3n) is 3.13. The van der Waals surface area contributed by atoms with Crippen molar-refractivity contribution in [1.82, 2.24) is 0 Å². The first-order valence-electron chi connectivity index (χ1n) is 6.10. The van der Waals surface area contributed by atoms with E-state index in [4.69, 9.17) is 4.74 Å². The molecular weight excluding hydrogens is 214 g/mol. The molecule has 0 saturated carbocycles. The number of hydrogen-bond acceptors (Lipinski definition) is 3. The molecule has 17 heavy (non-hydrogen) atoms. The molecule has 0 amide bonds. The first-order chi connectivity index (χ1) is 8.11. The van der Waals surface area contributed by atoms with E-state index in [1.165, 1.54) is 0 Å². The van der Waals surface area contributed by atoms with Crippen molar-refractivity contribution >= 4 is 5.69 Å².